The Hall–Kier alpha value is -1.82. The van der Waals surface area contributed by atoms with Gasteiger partial charge in [0.1, 0.15) is 11.4 Å². The lowest BCUT2D eigenvalue weighted by Crippen LogP contribution is -2.23. The van der Waals surface area contributed by atoms with E-state index in [4.69, 9.17) is 9.15 Å². The molecule has 0 N–H and O–H groups in total. The molecule has 0 aliphatic carbocycles. The maximum atomic E-state index is 13.3. The highest BCUT2D eigenvalue weighted by molar-refractivity contribution is 7.99. The number of carbonyl (C=O) groups excluding carboxylic acids is 1. The molecule has 0 bridgehead atoms. The number of rotatable bonds is 8. The normalized spacial score (nSPS) is 11.7. The topological polar surface area (TPSA) is 56.5 Å². The molecule has 1 aromatic heterocycles. The Labute approximate surface area is 157 Å². The lowest BCUT2D eigenvalue weighted by Gasteiger charge is -2.16. The van der Waals surface area contributed by atoms with Gasteiger partial charge in [-0.05, 0) is 51.5 Å². The van der Waals surface area contributed by atoms with Crippen molar-refractivity contribution in [1.82, 2.24) is 0 Å². The van der Waals surface area contributed by atoms with E-state index in [1.807, 2.05) is 20.8 Å². The molecule has 0 fully saturated rings. The first kappa shape index (κ1) is 20.5. The Balaban J connectivity index is 1.72. The fourth-order valence-corrected chi connectivity index (χ4v) is 3.42. The van der Waals surface area contributed by atoms with Gasteiger partial charge >= 0.3 is 11.6 Å². The molecule has 0 saturated carbocycles. The van der Waals surface area contributed by atoms with Crippen molar-refractivity contribution in [1.29, 1.82) is 0 Å². The zero-order valence-corrected chi connectivity index (χ0v) is 16.3. The molecule has 2 rings (SSSR count). The zero-order chi connectivity index (χ0) is 19.2. The number of halogens is 1. The maximum Gasteiger partial charge on any atom is 0.337 e. The Bertz CT molecular complexity index is 808. The van der Waals surface area contributed by atoms with Crippen LogP contribution >= 0.6 is 11.8 Å². The van der Waals surface area contributed by atoms with Gasteiger partial charge < -0.3 is 9.15 Å². The molecule has 0 amide bonds. The fraction of sp³-hybridized carbons (Fsp3) is 0.500. The molecular formula is C20H25FO4S. The van der Waals surface area contributed by atoms with Gasteiger partial charge in [-0.3, -0.25) is 4.79 Å². The summed E-state index contributed by atoms with van der Waals surface area (Å²) in [7, 11) is 0. The number of ether oxygens (including phenoxy) is 1. The van der Waals surface area contributed by atoms with Gasteiger partial charge in [0.05, 0.1) is 12.0 Å². The number of hydrogen-bond donors (Lipinski definition) is 0. The average molecular weight is 380 g/mol. The third kappa shape index (κ3) is 6.16. The predicted octanol–water partition coefficient (Wildman–Crippen LogP) is 5.17. The lowest BCUT2D eigenvalue weighted by atomic mass is 9.97. The number of carbonyl (C=O) groups is 1. The number of thioether (sulfide) groups is 1. The number of unbranched alkanes of at least 4 members (excludes halogenated alkanes) is 3. The summed E-state index contributed by atoms with van der Waals surface area (Å²) in [5, 5.41) is 0.755. The van der Waals surface area contributed by atoms with Gasteiger partial charge in [-0.1, -0.05) is 12.8 Å². The summed E-state index contributed by atoms with van der Waals surface area (Å²) in [4.78, 5) is 24.0. The molecule has 0 aliphatic rings. The van der Waals surface area contributed by atoms with E-state index in [0.717, 1.165) is 41.7 Å². The highest BCUT2D eigenvalue weighted by Gasteiger charge is 2.22. The summed E-state index contributed by atoms with van der Waals surface area (Å²) in [6.07, 6.45) is 3.85. The van der Waals surface area contributed by atoms with E-state index in [9.17, 15) is 14.0 Å². The molecule has 0 spiro atoms. The minimum Gasteiger partial charge on any atom is -0.465 e. The summed E-state index contributed by atoms with van der Waals surface area (Å²) in [6, 6.07) is 5.70. The fourth-order valence-electron chi connectivity index (χ4n) is 2.35. The molecule has 2 aromatic rings. The Morgan fingerprint density at radius 3 is 2.62 bits per heavy atom. The van der Waals surface area contributed by atoms with Crippen molar-refractivity contribution >= 4 is 28.7 Å². The molecule has 0 saturated heterocycles. The van der Waals surface area contributed by atoms with E-state index in [0.29, 0.717) is 6.61 Å². The summed E-state index contributed by atoms with van der Waals surface area (Å²) in [5.41, 5.74) is -0.642. The second-order valence-electron chi connectivity index (χ2n) is 7.22. The van der Waals surface area contributed by atoms with Crippen molar-refractivity contribution in [3.63, 3.8) is 0 Å². The van der Waals surface area contributed by atoms with Gasteiger partial charge in [0.25, 0.3) is 0 Å². The monoisotopic (exact) mass is 380 g/mol. The molecule has 0 atom stereocenters. The van der Waals surface area contributed by atoms with Crippen LogP contribution in [0.2, 0.25) is 0 Å². The number of fused-ring (bicyclic) bond motifs is 1. The standard InChI is InChI=1S/C20H25FO4S/c1-20(2,3)19(23)24-10-6-4-5-7-11-26-17-13-18(22)25-16-12-14(21)8-9-15(16)17/h8-9,12-13H,4-7,10-11H2,1-3H3. The minimum atomic E-state index is -0.466. The Kier molecular flexibility index (Phi) is 7.26. The number of benzene rings is 1. The SMILES string of the molecule is CC(C)(C)C(=O)OCCCCCCSc1cc(=O)oc2cc(F)ccc12. The number of esters is 1. The first-order valence-electron chi connectivity index (χ1n) is 8.81. The first-order chi connectivity index (χ1) is 12.3. The predicted molar refractivity (Wildman–Crippen MR) is 102 cm³/mol. The van der Waals surface area contributed by atoms with E-state index >= 15 is 0 Å². The van der Waals surface area contributed by atoms with Gasteiger partial charge in [0.2, 0.25) is 0 Å². The largest absolute Gasteiger partial charge is 0.465 e. The van der Waals surface area contributed by atoms with E-state index in [2.05, 4.69) is 0 Å². The Morgan fingerprint density at radius 2 is 1.88 bits per heavy atom. The van der Waals surface area contributed by atoms with Crippen molar-refractivity contribution < 1.29 is 18.3 Å². The van der Waals surface area contributed by atoms with E-state index in [1.54, 1.807) is 17.8 Å². The van der Waals surface area contributed by atoms with Crippen molar-refractivity contribution in [3.05, 3.63) is 40.5 Å². The smallest absolute Gasteiger partial charge is 0.337 e. The second-order valence-corrected chi connectivity index (χ2v) is 8.36. The third-order valence-electron chi connectivity index (χ3n) is 3.81. The third-order valence-corrected chi connectivity index (χ3v) is 4.95. The molecule has 0 unspecified atom stereocenters. The molecule has 6 heteroatoms. The summed E-state index contributed by atoms with van der Waals surface area (Å²) < 4.78 is 23.6. The quantitative estimate of drug-likeness (QED) is 0.273. The van der Waals surface area contributed by atoms with Crippen LogP contribution in [0.5, 0.6) is 0 Å². The molecule has 0 radical (unpaired) electrons. The van der Waals surface area contributed by atoms with Crippen molar-refractivity contribution in [2.45, 2.75) is 51.3 Å². The van der Waals surface area contributed by atoms with Crippen LogP contribution in [0.25, 0.3) is 11.0 Å². The Morgan fingerprint density at radius 1 is 1.15 bits per heavy atom. The molecule has 1 aromatic carbocycles. The van der Waals surface area contributed by atoms with Crippen LogP contribution in [0.3, 0.4) is 0 Å². The molecule has 4 nitrogen and oxygen atoms in total. The van der Waals surface area contributed by atoms with Gasteiger partial charge in [0, 0.05) is 22.4 Å². The van der Waals surface area contributed by atoms with Gasteiger partial charge in [-0.2, -0.15) is 0 Å². The van der Waals surface area contributed by atoms with Crippen LogP contribution < -0.4 is 5.63 Å². The van der Waals surface area contributed by atoms with Gasteiger partial charge in [0.15, 0.2) is 0 Å². The molecule has 1 heterocycles. The molecule has 26 heavy (non-hydrogen) atoms. The average Bonchev–Trinajstić information content (AvgIpc) is 2.55. The highest BCUT2D eigenvalue weighted by atomic mass is 32.2. The number of hydrogen-bond acceptors (Lipinski definition) is 5. The van der Waals surface area contributed by atoms with Crippen molar-refractivity contribution in [2.24, 2.45) is 5.41 Å². The molecule has 142 valence electrons. The maximum absolute atomic E-state index is 13.3. The van der Waals surface area contributed by atoms with Crippen molar-refractivity contribution in [3.8, 4) is 0 Å². The van der Waals surface area contributed by atoms with Crippen LogP contribution in [0.15, 0.2) is 38.4 Å². The molecular weight excluding hydrogens is 355 g/mol. The summed E-state index contributed by atoms with van der Waals surface area (Å²) in [6.45, 7) is 5.98. The van der Waals surface area contributed by atoms with Crippen LogP contribution in [-0.2, 0) is 9.53 Å². The van der Waals surface area contributed by atoms with Crippen LogP contribution in [-0.4, -0.2) is 18.3 Å². The minimum absolute atomic E-state index is 0.167. The second kappa shape index (κ2) is 9.21. The van der Waals surface area contributed by atoms with Crippen LogP contribution in [0.4, 0.5) is 4.39 Å². The van der Waals surface area contributed by atoms with E-state index in [-0.39, 0.29) is 11.6 Å². The van der Waals surface area contributed by atoms with Crippen molar-refractivity contribution in [2.75, 3.05) is 12.4 Å². The summed E-state index contributed by atoms with van der Waals surface area (Å²) >= 11 is 1.57. The molecule has 0 aliphatic heterocycles. The van der Waals surface area contributed by atoms with E-state index < -0.39 is 16.9 Å². The van der Waals surface area contributed by atoms with Crippen LogP contribution in [0, 0.1) is 11.2 Å². The highest BCUT2D eigenvalue weighted by Crippen LogP contribution is 2.27. The lowest BCUT2D eigenvalue weighted by molar-refractivity contribution is -0.153. The zero-order valence-electron chi connectivity index (χ0n) is 15.5. The van der Waals surface area contributed by atoms with Crippen LogP contribution in [0.1, 0.15) is 46.5 Å². The van der Waals surface area contributed by atoms with E-state index in [1.165, 1.54) is 18.2 Å². The first-order valence-corrected chi connectivity index (χ1v) is 9.79. The van der Waals surface area contributed by atoms with Gasteiger partial charge in [-0.15, -0.1) is 11.8 Å². The van der Waals surface area contributed by atoms with Gasteiger partial charge in [-0.25, -0.2) is 9.18 Å². The summed E-state index contributed by atoms with van der Waals surface area (Å²) in [5.74, 6) is 0.270.